The number of hydrogen-bond acceptors (Lipinski definition) is 5. The van der Waals surface area contributed by atoms with Gasteiger partial charge in [0.2, 0.25) is 5.88 Å². The second-order valence-electron chi connectivity index (χ2n) is 6.31. The number of hydrogen-bond donors (Lipinski definition) is 2. The molecule has 1 fully saturated rings. The van der Waals surface area contributed by atoms with Crippen LogP contribution in [0.25, 0.3) is 16.9 Å². The summed E-state index contributed by atoms with van der Waals surface area (Å²) in [6.07, 6.45) is 1.99. The summed E-state index contributed by atoms with van der Waals surface area (Å²) in [6, 6.07) is 10.0. The summed E-state index contributed by atoms with van der Waals surface area (Å²) in [4.78, 5) is 12.6. The lowest BCUT2D eigenvalue weighted by atomic mass is 10.0. The summed E-state index contributed by atoms with van der Waals surface area (Å²) >= 11 is 0. The molecular formula is C18H19N5O2. The average Bonchev–Trinajstić information content (AvgIpc) is 3.26. The number of benzene rings is 1. The average molecular weight is 337 g/mol. The molecule has 128 valence electrons. The quantitative estimate of drug-likeness (QED) is 0.762. The first-order chi connectivity index (χ1) is 12.1. The molecule has 0 unspecified atom stereocenters. The van der Waals surface area contributed by atoms with Gasteiger partial charge in [0, 0.05) is 11.6 Å². The van der Waals surface area contributed by atoms with Crippen molar-refractivity contribution in [2.75, 3.05) is 5.73 Å². The van der Waals surface area contributed by atoms with Gasteiger partial charge in [-0.05, 0) is 38.8 Å². The molecule has 0 atom stereocenters. The fraction of sp³-hybridized carbons (Fsp3) is 0.278. The molecule has 3 aromatic rings. The van der Waals surface area contributed by atoms with Crippen LogP contribution in [0.5, 0.6) is 0 Å². The molecule has 1 amide bonds. The van der Waals surface area contributed by atoms with E-state index in [0.717, 1.165) is 35.5 Å². The molecule has 1 aliphatic carbocycles. The molecule has 25 heavy (non-hydrogen) atoms. The number of nitrogens with two attached hydrogens (primary N) is 1. The number of carbonyl (C=O) groups excluding carboxylic acids is 1. The monoisotopic (exact) mass is 337 g/mol. The van der Waals surface area contributed by atoms with Gasteiger partial charge in [-0.1, -0.05) is 23.4 Å². The Balaban J connectivity index is 1.81. The van der Waals surface area contributed by atoms with E-state index in [2.05, 4.69) is 15.6 Å². The molecule has 0 bridgehead atoms. The molecule has 7 nitrogen and oxygen atoms in total. The summed E-state index contributed by atoms with van der Waals surface area (Å²) in [7, 11) is 0. The van der Waals surface area contributed by atoms with Crippen LogP contribution in [0.3, 0.4) is 0 Å². The molecule has 2 aromatic heterocycles. The van der Waals surface area contributed by atoms with Gasteiger partial charge in [0.15, 0.2) is 0 Å². The van der Waals surface area contributed by atoms with Gasteiger partial charge in [-0.3, -0.25) is 4.79 Å². The third kappa shape index (κ3) is 2.67. The summed E-state index contributed by atoms with van der Waals surface area (Å²) in [5.41, 5.74) is 9.94. The first kappa shape index (κ1) is 15.4. The van der Waals surface area contributed by atoms with Gasteiger partial charge in [-0.2, -0.15) is 5.10 Å². The molecule has 0 radical (unpaired) electrons. The lowest BCUT2D eigenvalue weighted by molar-refractivity contribution is 0.0952. The number of carbonyl (C=O) groups is 1. The Kier molecular flexibility index (Phi) is 3.56. The Morgan fingerprint density at radius 2 is 2.00 bits per heavy atom. The third-order valence-corrected chi connectivity index (χ3v) is 4.39. The molecule has 1 saturated carbocycles. The highest BCUT2D eigenvalue weighted by molar-refractivity contribution is 6.04. The van der Waals surface area contributed by atoms with Gasteiger partial charge >= 0.3 is 0 Å². The molecule has 2 heterocycles. The third-order valence-electron chi connectivity index (χ3n) is 4.39. The molecular weight excluding hydrogens is 318 g/mol. The van der Waals surface area contributed by atoms with E-state index in [1.165, 1.54) is 0 Å². The normalized spacial score (nSPS) is 13.8. The number of aromatic nitrogens is 3. The predicted octanol–water partition coefficient (Wildman–Crippen LogP) is 2.62. The van der Waals surface area contributed by atoms with Gasteiger partial charge in [0.1, 0.15) is 11.3 Å². The van der Waals surface area contributed by atoms with E-state index in [1.807, 2.05) is 48.9 Å². The maximum absolute atomic E-state index is 12.6. The Bertz CT molecular complexity index is 938. The summed E-state index contributed by atoms with van der Waals surface area (Å²) in [6.45, 7) is 3.82. The van der Waals surface area contributed by atoms with E-state index < -0.39 is 0 Å². The zero-order chi connectivity index (χ0) is 17.6. The molecule has 3 N–H and O–H groups in total. The Morgan fingerprint density at radius 1 is 1.28 bits per heavy atom. The van der Waals surface area contributed by atoms with Gasteiger partial charge in [0.05, 0.1) is 17.1 Å². The van der Waals surface area contributed by atoms with Crippen LogP contribution in [0.1, 0.15) is 34.6 Å². The number of amides is 1. The van der Waals surface area contributed by atoms with Crippen LogP contribution in [-0.4, -0.2) is 26.9 Å². The number of nitrogens with one attached hydrogen (secondary N) is 1. The predicted molar refractivity (Wildman–Crippen MR) is 93.4 cm³/mol. The molecule has 0 aliphatic heterocycles. The Morgan fingerprint density at radius 3 is 2.68 bits per heavy atom. The van der Waals surface area contributed by atoms with Crippen molar-refractivity contribution < 1.29 is 9.32 Å². The molecule has 4 rings (SSSR count). The summed E-state index contributed by atoms with van der Waals surface area (Å²) < 4.78 is 6.96. The minimum atomic E-state index is -0.248. The van der Waals surface area contributed by atoms with E-state index in [0.29, 0.717) is 5.69 Å². The SMILES string of the molecule is Cc1nn(-c2ccccc2)c(C)c1-c1noc(N)c1C(=O)NC1CC1. The van der Waals surface area contributed by atoms with Crippen molar-refractivity contribution in [1.29, 1.82) is 0 Å². The van der Waals surface area contributed by atoms with Crippen LogP contribution < -0.4 is 11.1 Å². The van der Waals surface area contributed by atoms with Gasteiger partial charge in [-0.25, -0.2) is 4.68 Å². The second-order valence-corrected chi connectivity index (χ2v) is 6.31. The minimum Gasteiger partial charge on any atom is -0.367 e. The van der Waals surface area contributed by atoms with Crippen LogP contribution in [-0.2, 0) is 0 Å². The highest BCUT2D eigenvalue weighted by atomic mass is 16.5. The Labute approximate surface area is 144 Å². The zero-order valence-corrected chi connectivity index (χ0v) is 14.1. The number of anilines is 1. The standard InChI is InChI=1S/C18H19N5O2/c1-10-14(11(2)23(21-10)13-6-4-3-5-7-13)16-15(17(19)25-22-16)18(24)20-12-8-9-12/h3-7,12H,8-9,19H2,1-2H3,(H,20,24). The summed E-state index contributed by atoms with van der Waals surface area (Å²) in [5, 5.41) is 11.6. The fourth-order valence-electron chi connectivity index (χ4n) is 2.98. The van der Waals surface area contributed by atoms with Crippen LogP contribution in [0.2, 0.25) is 0 Å². The number of para-hydroxylation sites is 1. The highest BCUT2D eigenvalue weighted by Gasteiger charge is 2.31. The summed E-state index contributed by atoms with van der Waals surface area (Å²) in [5.74, 6) is -0.220. The minimum absolute atomic E-state index is 0.0272. The van der Waals surface area contributed by atoms with Crippen LogP contribution >= 0.6 is 0 Å². The van der Waals surface area contributed by atoms with Crippen molar-refractivity contribution in [2.24, 2.45) is 0 Å². The fourth-order valence-corrected chi connectivity index (χ4v) is 2.98. The van der Waals surface area contributed by atoms with Crippen molar-refractivity contribution >= 4 is 11.8 Å². The molecule has 0 spiro atoms. The van der Waals surface area contributed by atoms with Gasteiger partial charge in [0.25, 0.3) is 5.91 Å². The number of aryl methyl sites for hydroxylation is 1. The zero-order valence-electron chi connectivity index (χ0n) is 14.1. The molecule has 1 aliphatic rings. The second kappa shape index (κ2) is 5.77. The van der Waals surface area contributed by atoms with Crippen molar-refractivity contribution in [3.05, 3.63) is 47.3 Å². The number of nitrogens with zero attached hydrogens (tertiary/aromatic N) is 3. The van der Waals surface area contributed by atoms with Gasteiger partial charge in [-0.15, -0.1) is 0 Å². The maximum atomic E-state index is 12.6. The smallest absolute Gasteiger partial charge is 0.259 e. The van der Waals surface area contributed by atoms with E-state index in [-0.39, 0.29) is 23.4 Å². The largest absolute Gasteiger partial charge is 0.367 e. The van der Waals surface area contributed by atoms with Crippen LogP contribution in [0.4, 0.5) is 5.88 Å². The molecule has 0 saturated heterocycles. The van der Waals surface area contributed by atoms with Gasteiger partial charge < -0.3 is 15.6 Å². The van der Waals surface area contributed by atoms with Crippen molar-refractivity contribution in [1.82, 2.24) is 20.3 Å². The molecule has 1 aromatic carbocycles. The van der Waals surface area contributed by atoms with Crippen molar-refractivity contribution in [3.63, 3.8) is 0 Å². The number of nitrogen functional groups attached to an aromatic ring is 1. The van der Waals surface area contributed by atoms with Crippen LogP contribution in [0.15, 0.2) is 34.9 Å². The Hall–Kier alpha value is -3.09. The lowest BCUT2D eigenvalue weighted by Crippen LogP contribution is -2.26. The van der Waals surface area contributed by atoms with E-state index in [4.69, 9.17) is 10.3 Å². The first-order valence-electron chi connectivity index (χ1n) is 8.24. The first-order valence-corrected chi connectivity index (χ1v) is 8.24. The topological polar surface area (TPSA) is 99.0 Å². The van der Waals surface area contributed by atoms with E-state index >= 15 is 0 Å². The lowest BCUT2D eigenvalue weighted by Gasteiger charge is -2.06. The van der Waals surface area contributed by atoms with E-state index in [9.17, 15) is 4.79 Å². The van der Waals surface area contributed by atoms with Crippen molar-refractivity contribution in [2.45, 2.75) is 32.7 Å². The highest BCUT2D eigenvalue weighted by Crippen LogP contribution is 2.33. The molecule has 7 heteroatoms. The maximum Gasteiger partial charge on any atom is 0.259 e. The van der Waals surface area contributed by atoms with Crippen molar-refractivity contribution in [3.8, 4) is 16.9 Å². The van der Waals surface area contributed by atoms with Crippen LogP contribution in [0, 0.1) is 13.8 Å². The number of rotatable bonds is 4. The van der Waals surface area contributed by atoms with E-state index in [1.54, 1.807) is 0 Å².